The maximum absolute atomic E-state index is 6.24. The normalized spacial score (nSPS) is 32.3. The number of hydrogen-bond donors (Lipinski definition) is 0. The molecule has 3 heterocycles. The molecular weight excluding hydrogens is 212 g/mol. The molecule has 3 atom stereocenters. The molecule has 1 aromatic rings. The van der Waals surface area contributed by atoms with Crippen LogP contribution in [0.25, 0.3) is 0 Å². The molecule has 0 bridgehead atoms. The van der Waals surface area contributed by atoms with E-state index in [1.807, 2.05) is 29.9 Å². The van der Waals surface area contributed by atoms with Gasteiger partial charge in [0, 0.05) is 19.3 Å². The summed E-state index contributed by atoms with van der Waals surface area (Å²) in [6.07, 6.45) is 4.23. The van der Waals surface area contributed by atoms with Crippen LogP contribution in [0.4, 0.5) is 5.82 Å². The highest BCUT2D eigenvalue weighted by molar-refractivity contribution is 6.33. The van der Waals surface area contributed by atoms with Crippen molar-refractivity contribution in [2.45, 2.75) is 25.9 Å². The van der Waals surface area contributed by atoms with Gasteiger partial charge in [-0.05, 0) is 19.9 Å². The lowest BCUT2D eigenvalue weighted by atomic mass is 10.3. The molecule has 5 heteroatoms. The lowest BCUT2D eigenvalue weighted by molar-refractivity contribution is 0.518. The summed E-state index contributed by atoms with van der Waals surface area (Å²) in [7, 11) is 1.91. The SMILES string of the molecule is Cc1c(Cl)c(N2C=CC3C(C)N32)nn1C. The second-order valence-corrected chi connectivity index (χ2v) is 4.52. The van der Waals surface area contributed by atoms with Gasteiger partial charge < -0.3 is 0 Å². The highest BCUT2D eigenvalue weighted by Gasteiger charge is 2.50. The predicted octanol–water partition coefficient (Wildman–Crippen LogP) is 1.70. The molecular formula is C10H13ClN4. The van der Waals surface area contributed by atoms with Crippen LogP contribution in [0.1, 0.15) is 12.6 Å². The maximum atomic E-state index is 6.24. The van der Waals surface area contributed by atoms with E-state index in [1.165, 1.54) is 0 Å². The molecule has 2 aliphatic rings. The number of hydrogen-bond acceptors (Lipinski definition) is 3. The van der Waals surface area contributed by atoms with Crippen LogP contribution in [0.2, 0.25) is 5.02 Å². The van der Waals surface area contributed by atoms with E-state index in [1.54, 1.807) is 0 Å². The second-order valence-electron chi connectivity index (χ2n) is 4.14. The van der Waals surface area contributed by atoms with E-state index in [4.69, 9.17) is 11.6 Å². The minimum atomic E-state index is 0.545. The van der Waals surface area contributed by atoms with Gasteiger partial charge >= 0.3 is 0 Å². The first kappa shape index (κ1) is 9.24. The van der Waals surface area contributed by atoms with Gasteiger partial charge in [0.05, 0.1) is 11.7 Å². The fourth-order valence-corrected chi connectivity index (χ4v) is 2.33. The van der Waals surface area contributed by atoms with Crippen LogP contribution in [0.5, 0.6) is 0 Å². The molecule has 0 aromatic carbocycles. The molecule has 0 aliphatic carbocycles. The Kier molecular flexibility index (Phi) is 1.71. The predicted molar refractivity (Wildman–Crippen MR) is 59.7 cm³/mol. The molecule has 0 spiro atoms. The Morgan fingerprint density at radius 3 is 2.67 bits per heavy atom. The van der Waals surface area contributed by atoms with Crippen molar-refractivity contribution in [3.05, 3.63) is 23.0 Å². The van der Waals surface area contributed by atoms with Gasteiger partial charge in [-0.3, -0.25) is 9.69 Å². The van der Waals surface area contributed by atoms with Crippen LogP contribution < -0.4 is 5.01 Å². The van der Waals surface area contributed by atoms with Gasteiger partial charge in [-0.25, -0.2) is 5.01 Å². The van der Waals surface area contributed by atoms with Crippen molar-refractivity contribution < 1.29 is 0 Å². The van der Waals surface area contributed by atoms with Crippen LogP contribution >= 0.6 is 11.6 Å². The molecule has 3 unspecified atom stereocenters. The van der Waals surface area contributed by atoms with Crippen molar-refractivity contribution >= 4 is 17.4 Å². The van der Waals surface area contributed by atoms with Crippen molar-refractivity contribution in [3.63, 3.8) is 0 Å². The van der Waals surface area contributed by atoms with Gasteiger partial charge in [0.1, 0.15) is 5.02 Å². The molecule has 0 radical (unpaired) electrons. The number of aromatic nitrogens is 2. The van der Waals surface area contributed by atoms with E-state index in [0.717, 1.165) is 16.5 Å². The minimum absolute atomic E-state index is 0.545. The van der Waals surface area contributed by atoms with Crippen LogP contribution in [0.15, 0.2) is 12.3 Å². The summed E-state index contributed by atoms with van der Waals surface area (Å²) in [6, 6.07) is 1.12. The lowest BCUT2D eigenvalue weighted by Crippen LogP contribution is -2.23. The lowest BCUT2D eigenvalue weighted by Gasteiger charge is -2.16. The highest BCUT2D eigenvalue weighted by atomic mass is 35.5. The smallest absolute Gasteiger partial charge is 0.188 e. The first-order chi connectivity index (χ1) is 7.11. The molecule has 4 nitrogen and oxygen atoms in total. The van der Waals surface area contributed by atoms with Crippen LogP contribution in [0, 0.1) is 6.92 Å². The number of halogens is 1. The van der Waals surface area contributed by atoms with E-state index in [9.17, 15) is 0 Å². The minimum Gasteiger partial charge on any atom is -0.269 e. The molecule has 80 valence electrons. The molecule has 3 rings (SSSR count). The quantitative estimate of drug-likeness (QED) is 0.679. The zero-order chi connectivity index (χ0) is 10.7. The third-order valence-corrected chi connectivity index (χ3v) is 3.70. The van der Waals surface area contributed by atoms with Crippen LogP contribution in [-0.4, -0.2) is 26.9 Å². The summed E-state index contributed by atoms with van der Waals surface area (Å²) in [5.74, 6) is 0.833. The second kappa shape index (κ2) is 2.77. The van der Waals surface area contributed by atoms with E-state index in [2.05, 4.69) is 23.1 Å². The van der Waals surface area contributed by atoms with Crippen molar-refractivity contribution in [2.24, 2.45) is 7.05 Å². The first-order valence-corrected chi connectivity index (χ1v) is 5.44. The van der Waals surface area contributed by atoms with Crippen molar-refractivity contribution in [3.8, 4) is 0 Å². The zero-order valence-corrected chi connectivity index (χ0v) is 9.73. The Morgan fingerprint density at radius 2 is 2.20 bits per heavy atom. The van der Waals surface area contributed by atoms with Gasteiger partial charge in [0.15, 0.2) is 5.82 Å². The Hall–Kier alpha value is -1.00. The van der Waals surface area contributed by atoms with Crippen LogP contribution in [-0.2, 0) is 7.05 Å². The third-order valence-electron chi connectivity index (χ3n) is 3.26. The van der Waals surface area contributed by atoms with Crippen molar-refractivity contribution in [1.29, 1.82) is 0 Å². The number of fused-ring (bicyclic) bond motifs is 1. The van der Waals surface area contributed by atoms with Crippen molar-refractivity contribution in [1.82, 2.24) is 14.8 Å². The Bertz CT molecular complexity index is 451. The first-order valence-electron chi connectivity index (χ1n) is 5.06. The summed E-state index contributed by atoms with van der Waals surface area (Å²) < 4.78 is 1.81. The molecule has 15 heavy (non-hydrogen) atoms. The monoisotopic (exact) mass is 224 g/mol. The topological polar surface area (TPSA) is 24.1 Å². The number of anilines is 1. The van der Waals surface area contributed by atoms with Crippen LogP contribution in [0.3, 0.4) is 0 Å². The maximum Gasteiger partial charge on any atom is 0.188 e. The molecule has 1 fully saturated rings. The number of aryl methyl sites for hydroxylation is 1. The Balaban J connectivity index is 2.00. The van der Waals surface area contributed by atoms with E-state index in [0.29, 0.717) is 12.1 Å². The summed E-state index contributed by atoms with van der Waals surface area (Å²) in [4.78, 5) is 0. The fraction of sp³-hybridized carbons (Fsp3) is 0.500. The molecule has 0 N–H and O–H groups in total. The number of rotatable bonds is 1. The molecule has 0 saturated carbocycles. The Labute approximate surface area is 93.7 Å². The van der Waals surface area contributed by atoms with E-state index < -0.39 is 0 Å². The van der Waals surface area contributed by atoms with Crippen molar-refractivity contribution in [2.75, 3.05) is 5.01 Å². The van der Waals surface area contributed by atoms with Gasteiger partial charge in [0.2, 0.25) is 0 Å². The number of nitrogens with zero attached hydrogens (tertiary/aromatic N) is 4. The summed E-state index contributed by atoms with van der Waals surface area (Å²) in [5, 5.41) is 9.46. The summed E-state index contributed by atoms with van der Waals surface area (Å²) >= 11 is 6.24. The standard InChI is InChI=1S/C10H13ClN4/c1-6-8-4-5-14(15(6)8)10-9(11)7(2)13(3)12-10/h4-6,8H,1-3H3. The van der Waals surface area contributed by atoms with Gasteiger partial charge in [-0.1, -0.05) is 11.6 Å². The molecule has 0 amide bonds. The molecule has 1 aromatic heterocycles. The van der Waals surface area contributed by atoms with Gasteiger partial charge in [-0.2, -0.15) is 5.10 Å². The fourth-order valence-electron chi connectivity index (χ4n) is 2.08. The zero-order valence-electron chi connectivity index (χ0n) is 8.98. The van der Waals surface area contributed by atoms with E-state index in [-0.39, 0.29) is 0 Å². The van der Waals surface area contributed by atoms with Gasteiger partial charge in [0.25, 0.3) is 0 Å². The molecule has 2 aliphatic heterocycles. The highest BCUT2D eigenvalue weighted by Crippen LogP contribution is 2.41. The average Bonchev–Trinajstić information content (AvgIpc) is 2.61. The molecule has 1 saturated heterocycles. The summed E-state index contributed by atoms with van der Waals surface area (Å²) in [6.45, 7) is 4.17. The van der Waals surface area contributed by atoms with E-state index >= 15 is 0 Å². The average molecular weight is 225 g/mol. The largest absolute Gasteiger partial charge is 0.269 e. The number of hydrazine groups is 1. The Morgan fingerprint density at radius 1 is 1.47 bits per heavy atom. The van der Waals surface area contributed by atoms with Gasteiger partial charge in [-0.15, -0.1) is 0 Å². The summed E-state index contributed by atoms with van der Waals surface area (Å²) in [5.41, 5.74) is 0.998. The third kappa shape index (κ3) is 1.09.